The second kappa shape index (κ2) is 7.49. The van der Waals surface area contributed by atoms with E-state index in [1.54, 1.807) is 6.07 Å². The molecular weight excluding hydrogens is 355 g/mol. The van der Waals surface area contributed by atoms with Gasteiger partial charge in [0.2, 0.25) is 0 Å². The minimum absolute atomic E-state index is 0.0496. The number of benzene rings is 2. The Morgan fingerprint density at radius 1 is 0.926 bits per heavy atom. The molecule has 0 fully saturated rings. The molecule has 0 bridgehead atoms. The Morgan fingerprint density at radius 2 is 1.67 bits per heavy atom. The highest BCUT2D eigenvalue weighted by atomic mass is 19.4. The first-order chi connectivity index (χ1) is 12.8. The molecule has 1 amide bonds. The van der Waals surface area contributed by atoms with Crippen molar-refractivity contribution in [2.75, 3.05) is 10.6 Å². The van der Waals surface area contributed by atoms with Gasteiger partial charge in [0.25, 0.3) is 5.91 Å². The number of rotatable bonds is 4. The Labute approximate surface area is 154 Å². The highest BCUT2D eigenvalue weighted by Gasteiger charge is 2.30. The number of halogens is 3. The lowest BCUT2D eigenvalue weighted by atomic mass is 10.2. The van der Waals surface area contributed by atoms with E-state index in [2.05, 4.69) is 15.6 Å². The van der Waals surface area contributed by atoms with E-state index in [-0.39, 0.29) is 11.4 Å². The molecule has 1 aromatic heterocycles. The van der Waals surface area contributed by atoms with Gasteiger partial charge in [0.05, 0.1) is 5.56 Å². The Hall–Kier alpha value is -3.35. The van der Waals surface area contributed by atoms with E-state index in [1.807, 2.05) is 31.2 Å². The third-order valence-electron chi connectivity index (χ3n) is 3.78. The van der Waals surface area contributed by atoms with E-state index in [0.717, 1.165) is 23.4 Å². The van der Waals surface area contributed by atoms with Gasteiger partial charge in [-0.1, -0.05) is 23.8 Å². The van der Waals surface area contributed by atoms with Crippen molar-refractivity contribution in [3.63, 3.8) is 0 Å². The molecule has 7 heteroatoms. The van der Waals surface area contributed by atoms with E-state index < -0.39 is 17.6 Å². The first kappa shape index (κ1) is 18.4. The van der Waals surface area contributed by atoms with E-state index >= 15 is 0 Å². The van der Waals surface area contributed by atoms with Crippen molar-refractivity contribution in [1.82, 2.24) is 4.98 Å². The van der Waals surface area contributed by atoms with Gasteiger partial charge in [-0.25, -0.2) is 0 Å². The van der Waals surface area contributed by atoms with Crippen molar-refractivity contribution in [2.45, 2.75) is 13.1 Å². The topological polar surface area (TPSA) is 54.0 Å². The zero-order valence-corrected chi connectivity index (χ0v) is 14.3. The van der Waals surface area contributed by atoms with Gasteiger partial charge in [0.15, 0.2) is 0 Å². The number of carbonyl (C=O) groups excluding carboxylic acids is 1. The van der Waals surface area contributed by atoms with Gasteiger partial charge in [-0.15, -0.1) is 0 Å². The van der Waals surface area contributed by atoms with Gasteiger partial charge in [0, 0.05) is 23.3 Å². The Kier molecular flexibility index (Phi) is 5.12. The van der Waals surface area contributed by atoms with Crippen LogP contribution in [0.25, 0.3) is 0 Å². The number of alkyl halides is 3. The number of hydrogen-bond donors (Lipinski definition) is 2. The summed E-state index contributed by atoms with van der Waals surface area (Å²) in [6.07, 6.45) is -3.02. The van der Waals surface area contributed by atoms with E-state index in [9.17, 15) is 18.0 Å². The van der Waals surface area contributed by atoms with Crippen LogP contribution in [0.15, 0.2) is 66.9 Å². The molecule has 0 radical (unpaired) electrons. The van der Waals surface area contributed by atoms with Crippen LogP contribution in [-0.4, -0.2) is 10.9 Å². The predicted molar refractivity (Wildman–Crippen MR) is 98.1 cm³/mol. The maximum Gasteiger partial charge on any atom is 0.416 e. The highest BCUT2D eigenvalue weighted by molar-refractivity contribution is 6.03. The summed E-state index contributed by atoms with van der Waals surface area (Å²) in [5.74, 6) is -0.595. The largest absolute Gasteiger partial charge is 0.416 e. The monoisotopic (exact) mass is 371 g/mol. The van der Waals surface area contributed by atoms with Crippen molar-refractivity contribution in [3.05, 3.63) is 83.7 Å². The Balaban J connectivity index is 1.75. The molecule has 3 rings (SSSR count). The molecule has 0 spiro atoms. The van der Waals surface area contributed by atoms with Crippen LogP contribution in [0.5, 0.6) is 0 Å². The van der Waals surface area contributed by atoms with Crippen LogP contribution in [0.2, 0.25) is 0 Å². The molecule has 138 valence electrons. The third-order valence-corrected chi connectivity index (χ3v) is 3.78. The van der Waals surface area contributed by atoms with Crippen LogP contribution in [-0.2, 0) is 6.18 Å². The van der Waals surface area contributed by atoms with Gasteiger partial charge in [0.1, 0.15) is 5.69 Å². The Bertz CT molecular complexity index is 953. The van der Waals surface area contributed by atoms with Gasteiger partial charge in [-0.2, -0.15) is 13.2 Å². The quantitative estimate of drug-likeness (QED) is 0.645. The van der Waals surface area contributed by atoms with E-state index in [4.69, 9.17) is 0 Å². The lowest BCUT2D eigenvalue weighted by Gasteiger charge is -2.11. The molecule has 1 heterocycles. The maximum absolute atomic E-state index is 12.8. The van der Waals surface area contributed by atoms with Crippen LogP contribution >= 0.6 is 0 Å². The number of aromatic nitrogens is 1. The minimum atomic E-state index is -4.48. The fourth-order valence-corrected chi connectivity index (χ4v) is 2.40. The van der Waals surface area contributed by atoms with Crippen molar-refractivity contribution in [3.8, 4) is 0 Å². The van der Waals surface area contributed by atoms with Gasteiger partial charge >= 0.3 is 6.18 Å². The fraction of sp³-hybridized carbons (Fsp3) is 0.100. The number of anilines is 3. The number of carbonyl (C=O) groups is 1. The maximum atomic E-state index is 12.8. The summed E-state index contributed by atoms with van der Waals surface area (Å²) < 4.78 is 38.3. The molecule has 0 aliphatic carbocycles. The molecule has 0 saturated heterocycles. The van der Waals surface area contributed by atoms with Crippen LogP contribution in [0.3, 0.4) is 0 Å². The van der Waals surface area contributed by atoms with Gasteiger partial charge < -0.3 is 10.6 Å². The summed E-state index contributed by atoms with van der Waals surface area (Å²) >= 11 is 0. The van der Waals surface area contributed by atoms with E-state index in [0.29, 0.717) is 5.69 Å². The number of nitrogens with one attached hydrogen (secondary N) is 2. The zero-order chi connectivity index (χ0) is 19.4. The lowest BCUT2D eigenvalue weighted by Crippen LogP contribution is -2.14. The molecule has 0 aliphatic heterocycles. The molecular formula is C20H16F3N3O. The third kappa shape index (κ3) is 4.84. The minimum Gasteiger partial charge on any atom is -0.355 e. The fourth-order valence-electron chi connectivity index (χ4n) is 2.40. The zero-order valence-electron chi connectivity index (χ0n) is 14.3. The van der Waals surface area contributed by atoms with Crippen molar-refractivity contribution >= 4 is 23.0 Å². The standard InChI is InChI=1S/C20H16F3N3O/c1-13-5-7-15(8-6-13)25-17-9-10-24-18(12-17)19(27)26-16-4-2-3-14(11-16)20(21,22)23/h2-12H,1H3,(H,24,25)(H,26,27). The Morgan fingerprint density at radius 3 is 2.37 bits per heavy atom. The number of hydrogen-bond acceptors (Lipinski definition) is 3. The molecule has 0 saturated carbocycles. The molecule has 4 nitrogen and oxygen atoms in total. The molecule has 2 N–H and O–H groups in total. The number of nitrogens with zero attached hydrogens (tertiary/aromatic N) is 1. The first-order valence-electron chi connectivity index (χ1n) is 8.09. The van der Waals surface area contributed by atoms with Crippen molar-refractivity contribution < 1.29 is 18.0 Å². The van der Waals surface area contributed by atoms with Crippen molar-refractivity contribution in [2.24, 2.45) is 0 Å². The second-order valence-corrected chi connectivity index (χ2v) is 5.95. The second-order valence-electron chi connectivity index (χ2n) is 5.95. The average Bonchev–Trinajstić information content (AvgIpc) is 2.63. The van der Waals surface area contributed by atoms with Crippen LogP contribution in [0.1, 0.15) is 21.6 Å². The summed E-state index contributed by atoms with van der Waals surface area (Å²) in [5, 5.41) is 5.59. The molecule has 2 aromatic carbocycles. The molecule has 3 aromatic rings. The number of amides is 1. The lowest BCUT2D eigenvalue weighted by molar-refractivity contribution is -0.137. The normalized spacial score (nSPS) is 11.1. The average molecular weight is 371 g/mol. The van der Waals surface area contributed by atoms with Gasteiger partial charge in [-0.05, 0) is 49.4 Å². The summed E-state index contributed by atoms with van der Waals surface area (Å²) in [6.45, 7) is 1.98. The van der Waals surface area contributed by atoms with Crippen molar-refractivity contribution in [1.29, 1.82) is 0 Å². The smallest absolute Gasteiger partial charge is 0.355 e. The molecule has 0 atom stereocenters. The van der Waals surface area contributed by atoms with Crippen LogP contribution < -0.4 is 10.6 Å². The molecule has 0 aliphatic rings. The highest BCUT2D eigenvalue weighted by Crippen LogP contribution is 2.30. The summed E-state index contributed by atoms with van der Waals surface area (Å²) in [4.78, 5) is 16.3. The predicted octanol–water partition coefficient (Wildman–Crippen LogP) is 5.40. The number of pyridine rings is 1. The summed E-state index contributed by atoms with van der Waals surface area (Å²) in [6, 6.07) is 15.4. The van der Waals surface area contributed by atoms with E-state index in [1.165, 1.54) is 24.4 Å². The van der Waals surface area contributed by atoms with Crippen LogP contribution in [0, 0.1) is 6.92 Å². The van der Waals surface area contributed by atoms with Gasteiger partial charge in [-0.3, -0.25) is 9.78 Å². The van der Waals surface area contributed by atoms with Crippen LogP contribution in [0.4, 0.5) is 30.2 Å². The summed E-state index contributed by atoms with van der Waals surface area (Å²) in [7, 11) is 0. The first-order valence-corrected chi connectivity index (χ1v) is 8.09. The SMILES string of the molecule is Cc1ccc(Nc2ccnc(C(=O)Nc3cccc(C(F)(F)F)c3)c2)cc1. The summed E-state index contributed by atoms with van der Waals surface area (Å²) in [5.41, 5.74) is 1.91. The molecule has 27 heavy (non-hydrogen) atoms. The molecule has 0 unspecified atom stereocenters. The number of aryl methyl sites for hydroxylation is 1.